The largest absolute Gasteiger partial charge is 0.339 e. The molecule has 0 saturated heterocycles. The highest BCUT2D eigenvalue weighted by molar-refractivity contribution is 5.95. The van der Waals surface area contributed by atoms with Gasteiger partial charge < -0.3 is 5.32 Å². The van der Waals surface area contributed by atoms with E-state index in [1.165, 1.54) is 6.20 Å². The Morgan fingerprint density at radius 1 is 1.53 bits per heavy atom. The third kappa shape index (κ3) is 2.60. The highest BCUT2D eigenvalue weighted by atomic mass is 16.1. The van der Waals surface area contributed by atoms with Gasteiger partial charge in [-0.15, -0.1) is 0 Å². The van der Waals surface area contributed by atoms with Gasteiger partial charge in [0.25, 0.3) is 5.91 Å². The lowest BCUT2D eigenvalue weighted by atomic mass is 10.2. The SMILES string of the molecule is CCc1c(C(=O)NCC#N)cnn1-c1ccccn1. The number of nitrogens with one attached hydrogen (secondary N) is 1. The molecule has 2 rings (SSSR count). The maximum Gasteiger partial charge on any atom is 0.255 e. The first-order chi connectivity index (χ1) is 9.27. The van der Waals surface area contributed by atoms with Crippen molar-refractivity contribution in [3.63, 3.8) is 0 Å². The van der Waals surface area contributed by atoms with Crippen molar-refractivity contribution >= 4 is 5.91 Å². The van der Waals surface area contributed by atoms with Crippen LogP contribution in [-0.4, -0.2) is 27.2 Å². The number of carbonyl (C=O) groups is 1. The summed E-state index contributed by atoms with van der Waals surface area (Å²) in [7, 11) is 0. The first-order valence-corrected chi connectivity index (χ1v) is 5.91. The fraction of sp³-hybridized carbons (Fsp3) is 0.231. The number of hydrogen-bond acceptors (Lipinski definition) is 4. The van der Waals surface area contributed by atoms with Crippen LogP contribution in [0, 0.1) is 11.3 Å². The van der Waals surface area contributed by atoms with E-state index < -0.39 is 0 Å². The second-order valence-electron chi connectivity index (χ2n) is 3.80. The molecule has 0 aromatic carbocycles. The lowest BCUT2D eigenvalue weighted by molar-refractivity contribution is 0.0957. The normalized spacial score (nSPS) is 9.89. The Hall–Kier alpha value is -2.68. The van der Waals surface area contributed by atoms with E-state index in [0.717, 1.165) is 5.69 Å². The number of nitriles is 1. The topological polar surface area (TPSA) is 83.6 Å². The number of aromatic nitrogens is 3. The smallest absolute Gasteiger partial charge is 0.255 e. The fourth-order valence-electron chi connectivity index (χ4n) is 1.80. The molecule has 2 aromatic rings. The molecule has 0 atom stereocenters. The first kappa shape index (κ1) is 12.8. The van der Waals surface area contributed by atoms with Crippen molar-refractivity contribution in [3.05, 3.63) is 41.9 Å². The minimum absolute atomic E-state index is 0.0171. The first-order valence-electron chi connectivity index (χ1n) is 5.91. The van der Waals surface area contributed by atoms with Crippen LogP contribution in [0.5, 0.6) is 0 Å². The Bertz CT molecular complexity index is 612. The van der Waals surface area contributed by atoms with E-state index in [1.54, 1.807) is 10.9 Å². The average molecular weight is 255 g/mol. The van der Waals surface area contributed by atoms with Crippen molar-refractivity contribution in [1.29, 1.82) is 5.26 Å². The molecule has 0 saturated carbocycles. The standard InChI is InChI=1S/C13H13N5O/c1-2-11-10(13(19)16-8-6-14)9-17-18(11)12-5-3-4-7-15-12/h3-5,7,9H,2,8H2,1H3,(H,16,19). The predicted molar refractivity (Wildman–Crippen MR) is 68.7 cm³/mol. The van der Waals surface area contributed by atoms with Gasteiger partial charge in [-0.1, -0.05) is 13.0 Å². The van der Waals surface area contributed by atoms with Crippen molar-refractivity contribution in [1.82, 2.24) is 20.1 Å². The summed E-state index contributed by atoms with van der Waals surface area (Å²) in [6, 6.07) is 7.37. The molecule has 0 bridgehead atoms. The molecule has 0 aliphatic carbocycles. The van der Waals surface area contributed by atoms with Crippen molar-refractivity contribution in [3.8, 4) is 11.9 Å². The zero-order valence-electron chi connectivity index (χ0n) is 10.5. The van der Waals surface area contributed by atoms with E-state index in [-0.39, 0.29) is 12.5 Å². The van der Waals surface area contributed by atoms with Crippen LogP contribution in [0.3, 0.4) is 0 Å². The van der Waals surface area contributed by atoms with Crippen LogP contribution in [0.25, 0.3) is 5.82 Å². The second kappa shape index (κ2) is 5.78. The summed E-state index contributed by atoms with van der Waals surface area (Å²) in [5.41, 5.74) is 1.25. The molecule has 2 aromatic heterocycles. The zero-order valence-corrected chi connectivity index (χ0v) is 10.5. The van der Waals surface area contributed by atoms with Gasteiger partial charge >= 0.3 is 0 Å². The molecular weight excluding hydrogens is 242 g/mol. The Labute approximate surface area is 110 Å². The number of pyridine rings is 1. The Morgan fingerprint density at radius 3 is 3.00 bits per heavy atom. The number of hydrogen-bond donors (Lipinski definition) is 1. The molecule has 6 heteroatoms. The zero-order chi connectivity index (χ0) is 13.7. The maximum atomic E-state index is 11.9. The molecule has 0 aliphatic heterocycles. The minimum atomic E-state index is -0.291. The summed E-state index contributed by atoms with van der Waals surface area (Å²) in [6.45, 7) is 1.92. The molecule has 0 radical (unpaired) electrons. The van der Waals surface area contributed by atoms with Crippen LogP contribution in [0.4, 0.5) is 0 Å². The molecule has 6 nitrogen and oxygen atoms in total. The number of nitrogens with zero attached hydrogens (tertiary/aromatic N) is 4. The third-order valence-electron chi connectivity index (χ3n) is 2.64. The monoisotopic (exact) mass is 255 g/mol. The van der Waals surface area contributed by atoms with E-state index in [0.29, 0.717) is 17.8 Å². The Balaban J connectivity index is 2.36. The molecule has 0 spiro atoms. The summed E-state index contributed by atoms with van der Waals surface area (Å²) in [5, 5.41) is 15.2. The van der Waals surface area contributed by atoms with Crippen LogP contribution < -0.4 is 5.32 Å². The predicted octanol–water partition coefficient (Wildman–Crippen LogP) is 1.08. The van der Waals surface area contributed by atoms with Gasteiger partial charge in [0.1, 0.15) is 6.54 Å². The van der Waals surface area contributed by atoms with Crippen molar-refractivity contribution < 1.29 is 4.79 Å². The van der Waals surface area contributed by atoms with E-state index in [4.69, 9.17) is 5.26 Å². The van der Waals surface area contributed by atoms with Crippen LogP contribution in [0.1, 0.15) is 23.0 Å². The van der Waals surface area contributed by atoms with Gasteiger partial charge in [0.15, 0.2) is 5.82 Å². The Kier molecular flexibility index (Phi) is 3.88. The fourth-order valence-corrected chi connectivity index (χ4v) is 1.80. The van der Waals surface area contributed by atoms with Crippen LogP contribution in [-0.2, 0) is 6.42 Å². The van der Waals surface area contributed by atoms with Gasteiger partial charge in [-0.2, -0.15) is 10.4 Å². The van der Waals surface area contributed by atoms with Crippen molar-refractivity contribution in [2.24, 2.45) is 0 Å². The van der Waals surface area contributed by atoms with Crippen LogP contribution in [0.2, 0.25) is 0 Å². The molecule has 0 unspecified atom stereocenters. The molecule has 1 amide bonds. The molecule has 96 valence electrons. The Morgan fingerprint density at radius 2 is 2.37 bits per heavy atom. The quantitative estimate of drug-likeness (QED) is 0.829. The molecule has 0 aliphatic rings. The second-order valence-corrected chi connectivity index (χ2v) is 3.80. The van der Waals surface area contributed by atoms with Crippen molar-refractivity contribution in [2.75, 3.05) is 6.54 Å². The third-order valence-corrected chi connectivity index (χ3v) is 2.64. The van der Waals surface area contributed by atoms with Crippen molar-refractivity contribution in [2.45, 2.75) is 13.3 Å². The molecule has 1 N–H and O–H groups in total. The van der Waals surface area contributed by atoms with Gasteiger partial charge in [-0.25, -0.2) is 9.67 Å². The average Bonchev–Trinajstić information content (AvgIpc) is 2.89. The summed E-state index contributed by atoms with van der Waals surface area (Å²) in [5.74, 6) is 0.374. The van der Waals surface area contributed by atoms with Crippen LogP contribution >= 0.6 is 0 Å². The van der Waals surface area contributed by atoms with Gasteiger partial charge in [0.05, 0.1) is 23.5 Å². The summed E-state index contributed by atoms with van der Waals surface area (Å²) < 4.78 is 1.64. The molecule has 2 heterocycles. The number of amides is 1. The van der Waals surface area contributed by atoms with Gasteiger partial charge in [0.2, 0.25) is 0 Å². The summed E-state index contributed by atoms with van der Waals surface area (Å²) >= 11 is 0. The van der Waals surface area contributed by atoms with Gasteiger partial charge in [0, 0.05) is 6.20 Å². The number of rotatable bonds is 4. The highest BCUT2D eigenvalue weighted by Crippen LogP contribution is 2.13. The minimum Gasteiger partial charge on any atom is -0.339 e. The molecular formula is C13H13N5O. The van der Waals surface area contributed by atoms with Gasteiger partial charge in [-0.3, -0.25) is 4.79 Å². The van der Waals surface area contributed by atoms with E-state index >= 15 is 0 Å². The van der Waals surface area contributed by atoms with E-state index in [1.807, 2.05) is 31.2 Å². The lowest BCUT2D eigenvalue weighted by Gasteiger charge is -2.06. The highest BCUT2D eigenvalue weighted by Gasteiger charge is 2.16. The molecule has 0 fully saturated rings. The van der Waals surface area contributed by atoms with E-state index in [2.05, 4.69) is 15.4 Å². The maximum absolute atomic E-state index is 11.9. The van der Waals surface area contributed by atoms with Gasteiger partial charge in [-0.05, 0) is 18.6 Å². The molecule has 19 heavy (non-hydrogen) atoms. The lowest BCUT2D eigenvalue weighted by Crippen LogP contribution is -2.24. The summed E-state index contributed by atoms with van der Waals surface area (Å²) in [4.78, 5) is 16.1. The van der Waals surface area contributed by atoms with E-state index in [9.17, 15) is 4.79 Å². The number of carbonyl (C=O) groups excluding carboxylic acids is 1. The summed E-state index contributed by atoms with van der Waals surface area (Å²) in [6.07, 6.45) is 3.82. The van der Waals surface area contributed by atoms with Crippen LogP contribution in [0.15, 0.2) is 30.6 Å².